The van der Waals surface area contributed by atoms with Gasteiger partial charge in [0.05, 0.1) is 5.69 Å². The third-order valence-electron chi connectivity index (χ3n) is 3.46. The summed E-state index contributed by atoms with van der Waals surface area (Å²) < 4.78 is 3.55. The molecule has 0 aliphatic carbocycles. The molecule has 0 unspecified atom stereocenters. The number of halogens is 1. The molecule has 5 heteroatoms. The number of nitrogens with zero attached hydrogens (tertiary/aromatic N) is 1. The first kappa shape index (κ1) is 16.0. The molecule has 0 bridgehead atoms. The van der Waals surface area contributed by atoms with Crippen LogP contribution in [0.15, 0.2) is 29.6 Å². The number of rotatable bonds is 3. The van der Waals surface area contributed by atoms with Gasteiger partial charge in [0.2, 0.25) is 0 Å². The largest absolute Gasteiger partial charge is 1.00 e. The molecule has 0 amide bonds. The SMILES string of the molecule is CCCC/C=c1\scc(C)[n+]1=c1[nH]c2ccccc2[nH]1.[Br-]. The molecule has 3 nitrogen and oxygen atoms in total. The molecule has 0 aliphatic rings. The van der Waals surface area contributed by atoms with Crippen molar-refractivity contribution in [1.82, 2.24) is 9.97 Å². The third kappa shape index (κ3) is 3.30. The van der Waals surface area contributed by atoms with E-state index in [0.717, 1.165) is 23.1 Å². The Hall–Kier alpha value is -1.33. The van der Waals surface area contributed by atoms with Crippen molar-refractivity contribution < 1.29 is 21.2 Å². The van der Waals surface area contributed by atoms with Crippen LogP contribution < -0.4 is 25.9 Å². The van der Waals surface area contributed by atoms with Crippen molar-refractivity contribution in [3.63, 3.8) is 0 Å². The summed E-state index contributed by atoms with van der Waals surface area (Å²) in [5.74, 6) is 0. The smallest absolute Gasteiger partial charge is 0.366 e. The lowest BCUT2D eigenvalue weighted by Crippen LogP contribution is -3.00. The number of imidazole rings is 1. The number of aromatic nitrogens is 3. The predicted octanol–water partition coefficient (Wildman–Crippen LogP) is 0.208. The number of hydrogen-bond acceptors (Lipinski definition) is 1. The van der Waals surface area contributed by atoms with Crippen LogP contribution in [0.3, 0.4) is 0 Å². The molecule has 2 aromatic heterocycles. The second-order valence-corrected chi connectivity index (χ2v) is 5.93. The van der Waals surface area contributed by atoms with E-state index < -0.39 is 0 Å². The number of hydrogen-bond donors (Lipinski definition) is 2. The lowest BCUT2D eigenvalue weighted by atomic mass is 10.2. The molecule has 0 spiro atoms. The van der Waals surface area contributed by atoms with Gasteiger partial charge in [0.15, 0.2) is 4.66 Å². The molecule has 2 N–H and O–H groups in total. The fraction of sp³-hybridized carbons (Fsp3) is 0.312. The number of nitrogens with one attached hydrogen (secondary N) is 2. The summed E-state index contributed by atoms with van der Waals surface area (Å²) in [7, 11) is 0. The highest BCUT2D eigenvalue weighted by Crippen LogP contribution is 2.06. The van der Waals surface area contributed by atoms with Crippen LogP contribution in [0.2, 0.25) is 0 Å². The normalized spacial score (nSPS) is 11.8. The van der Waals surface area contributed by atoms with Crippen LogP contribution in [0, 0.1) is 12.5 Å². The zero-order valence-corrected chi connectivity index (χ0v) is 14.7. The molecule has 3 aromatic rings. The Kier molecular flexibility index (Phi) is 5.42. The Morgan fingerprint density at radius 1 is 1.19 bits per heavy atom. The Morgan fingerprint density at radius 3 is 2.48 bits per heavy atom. The molecule has 0 radical (unpaired) electrons. The van der Waals surface area contributed by atoms with E-state index in [2.05, 4.69) is 63.8 Å². The van der Waals surface area contributed by atoms with Gasteiger partial charge in [-0.05, 0) is 38.0 Å². The first-order chi connectivity index (χ1) is 9.79. The Labute approximate surface area is 138 Å². The number of benzene rings is 1. The first-order valence-electron chi connectivity index (χ1n) is 7.13. The first-order valence-corrected chi connectivity index (χ1v) is 8.01. The molecule has 21 heavy (non-hydrogen) atoms. The molecule has 2 heterocycles. The van der Waals surface area contributed by atoms with E-state index in [4.69, 9.17) is 0 Å². The number of aromatic amines is 2. The van der Waals surface area contributed by atoms with Crippen LogP contribution in [-0.4, -0.2) is 9.97 Å². The molecular weight excluding hydrogens is 346 g/mol. The quantitative estimate of drug-likeness (QED) is 0.491. The van der Waals surface area contributed by atoms with Crippen molar-refractivity contribution in [1.29, 1.82) is 0 Å². The Balaban J connectivity index is 0.00000161. The highest BCUT2D eigenvalue weighted by Gasteiger charge is 2.05. The molecule has 1 aromatic carbocycles. The maximum atomic E-state index is 3.46. The van der Waals surface area contributed by atoms with Crippen molar-refractivity contribution in [2.75, 3.05) is 0 Å². The van der Waals surface area contributed by atoms with Gasteiger partial charge in [-0.3, -0.25) is 0 Å². The number of H-pyrrole nitrogens is 2. The minimum atomic E-state index is 0. The lowest BCUT2D eigenvalue weighted by Gasteiger charge is -1.86. The van der Waals surface area contributed by atoms with E-state index in [1.54, 1.807) is 11.3 Å². The summed E-state index contributed by atoms with van der Waals surface area (Å²) in [5, 5.41) is 2.21. The summed E-state index contributed by atoms with van der Waals surface area (Å²) >= 11 is 1.80. The van der Waals surface area contributed by atoms with Gasteiger partial charge in [-0.1, -0.05) is 25.5 Å². The highest BCUT2D eigenvalue weighted by atomic mass is 79.9. The molecule has 112 valence electrons. The van der Waals surface area contributed by atoms with Gasteiger partial charge < -0.3 is 17.0 Å². The standard InChI is InChI=1S/C16H19N3S.BrH/c1-3-4-5-10-15-19(12(2)11-20-15)16-17-13-8-6-7-9-14(13)18-16;/h6-11H,3-5H2,1-2H3,(H,17,18);1H/b15-10-;. The van der Waals surface area contributed by atoms with Gasteiger partial charge in [0.1, 0.15) is 11.0 Å². The lowest BCUT2D eigenvalue weighted by molar-refractivity contribution is -0.532. The summed E-state index contributed by atoms with van der Waals surface area (Å²) in [5.41, 5.74) is 4.56. The third-order valence-corrected chi connectivity index (χ3v) is 4.51. The molecule has 0 aliphatic heterocycles. The topological polar surface area (TPSA) is 37.5 Å². The molecule has 3 rings (SSSR count). The van der Waals surface area contributed by atoms with Gasteiger partial charge in [-0.25, -0.2) is 9.97 Å². The van der Waals surface area contributed by atoms with Crippen LogP contribution in [-0.2, 0) is 0 Å². The Morgan fingerprint density at radius 2 is 1.86 bits per heavy atom. The second-order valence-electron chi connectivity index (χ2n) is 5.04. The number of fused-ring (bicyclic) bond motifs is 1. The van der Waals surface area contributed by atoms with Gasteiger partial charge in [0, 0.05) is 5.38 Å². The Bertz CT molecular complexity index is 837. The fourth-order valence-electron chi connectivity index (χ4n) is 2.38. The maximum Gasteiger partial charge on any atom is 0.366 e. The maximum absolute atomic E-state index is 3.46. The van der Waals surface area contributed by atoms with E-state index in [9.17, 15) is 0 Å². The van der Waals surface area contributed by atoms with E-state index in [-0.39, 0.29) is 17.0 Å². The van der Waals surface area contributed by atoms with Gasteiger partial charge in [-0.15, -0.1) is 11.3 Å². The second kappa shape index (κ2) is 7.09. The van der Waals surface area contributed by atoms with E-state index in [1.165, 1.54) is 23.2 Å². The van der Waals surface area contributed by atoms with Crippen molar-refractivity contribution in [2.45, 2.75) is 33.1 Å². The summed E-state index contributed by atoms with van der Waals surface area (Å²) in [6.07, 6.45) is 5.95. The molecule has 0 fully saturated rings. The molecular formula is C16H20BrN3S. The van der Waals surface area contributed by atoms with E-state index >= 15 is 0 Å². The zero-order chi connectivity index (χ0) is 13.9. The monoisotopic (exact) mass is 365 g/mol. The van der Waals surface area contributed by atoms with Crippen molar-refractivity contribution in [3.8, 4) is 0 Å². The average molecular weight is 366 g/mol. The fourth-order valence-corrected chi connectivity index (χ4v) is 3.33. The minimum Gasteiger partial charge on any atom is -1.00 e. The summed E-state index contributed by atoms with van der Waals surface area (Å²) in [6, 6.07) is 8.29. The van der Waals surface area contributed by atoms with Gasteiger partial charge in [-0.2, -0.15) is 4.24 Å². The van der Waals surface area contributed by atoms with Crippen LogP contribution in [0.25, 0.3) is 17.1 Å². The van der Waals surface area contributed by atoms with Crippen molar-refractivity contribution in [3.05, 3.63) is 45.6 Å². The van der Waals surface area contributed by atoms with Crippen molar-refractivity contribution >= 4 is 28.4 Å². The number of thiazole rings is 1. The number of aryl methyl sites for hydroxylation is 1. The van der Waals surface area contributed by atoms with Crippen molar-refractivity contribution in [2.24, 2.45) is 0 Å². The highest BCUT2D eigenvalue weighted by molar-refractivity contribution is 7.07. The summed E-state index contributed by atoms with van der Waals surface area (Å²) in [4.78, 5) is 6.93. The van der Waals surface area contributed by atoms with Crippen LogP contribution >= 0.6 is 11.3 Å². The molecule has 0 saturated carbocycles. The van der Waals surface area contributed by atoms with Gasteiger partial charge >= 0.3 is 5.62 Å². The average Bonchev–Trinajstić information content (AvgIpc) is 3.02. The molecule has 0 atom stereocenters. The minimum absolute atomic E-state index is 0. The van der Waals surface area contributed by atoms with Crippen LogP contribution in [0.4, 0.5) is 0 Å². The molecule has 0 saturated heterocycles. The zero-order valence-electron chi connectivity index (χ0n) is 12.3. The number of para-hydroxylation sites is 2. The van der Waals surface area contributed by atoms with E-state index in [0.29, 0.717) is 0 Å². The van der Waals surface area contributed by atoms with E-state index in [1.807, 2.05) is 0 Å². The van der Waals surface area contributed by atoms with Crippen LogP contribution in [0.5, 0.6) is 0 Å². The summed E-state index contributed by atoms with van der Waals surface area (Å²) in [6.45, 7) is 4.38. The van der Waals surface area contributed by atoms with Crippen LogP contribution in [0.1, 0.15) is 31.9 Å². The number of unbranched alkanes of at least 4 members (excludes halogenated alkanes) is 2. The van der Waals surface area contributed by atoms with Gasteiger partial charge in [0.25, 0.3) is 0 Å². The predicted molar refractivity (Wildman–Crippen MR) is 84.2 cm³/mol.